The molecule has 1 aliphatic rings. The van der Waals surface area contributed by atoms with Gasteiger partial charge in [0.1, 0.15) is 0 Å². The minimum Gasteiger partial charge on any atom is -0.339 e. The molecule has 0 aliphatic carbocycles. The summed E-state index contributed by atoms with van der Waals surface area (Å²) in [6.07, 6.45) is 0.334. The van der Waals surface area contributed by atoms with Crippen LogP contribution in [0.15, 0.2) is 53.1 Å². The smallest absolute Gasteiger partial charge is 0.232 e. The van der Waals surface area contributed by atoms with Crippen molar-refractivity contribution in [1.82, 2.24) is 10.1 Å². The second-order valence-corrected chi connectivity index (χ2v) is 6.59. The second kappa shape index (κ2) is 6.33. The molecule has 1 fully saturated rings. The van der Waals surface area contributed by atoms with Gasteiger partial charge in [-0.25, -0.2) is 0 Å². The Morgan fingerprint density at radius 3 is 2.84 bits per heavy atom. The average Bonchev–Trinajstić information content (AvgIpc) is 3.22. The normalized spacial score (nSPS) is 17.3. The van der Waals surface area contributed by atoms with Gasteiger partial charge in [0, 0.05) is 18.5 Å². The molecule has 25 heavy (non-hydrogen) atoms. The third-order valence-corrected chi connectivity index (χ3v) is 4.66. The van der Waals surface area contributed by atoms with Crippen molar-refractivity contribution in [3.8, 4) is 11.4 Å². The Labute approximate surface area is 150 Å². The fourth-order valence-electron chi connectivity index (χ4n) is 3.08. The number of benzene rings is 2. The molecule has 4 rings (SSSR count). The van der Waals surface area contributed by atoms with E-state index in [4.69, 9.17) is 16.1 Å². The summed E-state index contributed by atoms with van der Waals surface area (Å²) in [4.78, 5) is 18.6. The van der Waals surface area contributed by atoms with Crippen molar-refractivity contribution in [2.75, 3.05) is 11.4 Å². The molecule has 6 heteroatoms. The van der Waals surface area contributed by atoms with Gasteiger partial charge in [0.15, 0.2) is 0 Å². The summed E-state index contributed by atoms with van der Waals surface area (Å²) in [7, 11) is 0. The molecule has 0 spiro atoms. The van der Waals surface area contributed by atoms with Crippen molar-refractivity contribution in [2.45, 2.75) is 19.3 Å². The van der Waals surface area contributed by atoms with E-state index < -0.39 is 0 Å². The number of hydrogen-bond acceptors (Lipinski definition) is 4. The number of nitrogens with zero attached hydrogens (tertiary/aromatic N) is 3. The van der Waals surface area contributed by atoms with Crippen LogP contribution in [0.5, 0.6) is 0 Å². The number of hydrogen-bond donors (Lipinski definition) is 0. The van der Waals surface area contributed by atoms with Crippen molar-refractivity contribution in [3.63, 3.8) is 0 Å². The van der Waals surface area contributed by atoms with Crippen molar-refractivity contribution >= 4 is 23.2 Å². The lowest BCUT2D eigenvalue weighted by atomic mass is 10.1. The summed E-state index contributed by atoms with van der Waals surface area (Å²) < 4.78 is 5.43. The molecular formula is C19H16ClN3O2. The standard InChI is InChI=1S/C19H16ClN3O2/c1-12-5-4-6-13(9-12)18-21-19(25-22-18)14-10-17(24)23(11-14)16-8-3-2-7-15(16)20/h2-9,14H,10-11H2,1H3. The van der Waals surface area contributed by atoms with Gasteiger partial charge in [0.25, 0.3) is 0 Å². The van der Waals surface area contributed by atoms with Crippen LogP contribution in [0.1, 0.15) is 23.8 Å². The largest absolute Gasteiger partial charge is 0.339 e. The minimum atomic E-state index is -0.130. The summed E-state index contributed by atoms with van der Waals surface area (Å²) in [6, 6.07) is 15.2. The van der Waals surface area contributed by atoms with Gasteiger partial charge >= 0.3 is 0 Å². The number of aryl methyl sites for hydroxylation is 1. The molecular weight excluding hydrogens is 338 g/mol. The van der Waals surface area contributed by atoms with Crippen LogP contribution >= 0.6 is 11.6 Å². The van der Waals surface area contributed by atoms with Gasteiger partial charge in [-0.15, -0.1) is 0 Å². The molecule has 0 N–H and O–H groups in total. The molecule has 1 unspecified atom stereocenters. The van der Waals surface area contributed by atoms with E-state index in [1.807, 2.05) is 49.4 Å². The van der Waals surface area contributed by atoms with Crippen LogP contribution in [0.4, 0.5) is 5.69 Å². The number of amides is 1. The monoisotopic (exact) mass is 353 g/mol. The fourth-order valence-corrected chi connectivity index (χ4v) is 3.32. The highest BCUT2D eigenvalue weighted by Gasteiger charge is 2.35. The zero-order valence-electron chi connectivity index (χ0n) is 13.6. The van der Waals surface area contributed by atoms with Gasteiger partial charge in [0.05, 0.1) is 16.6 Å². The first-order valence-electron chi connectivity index (χ1n) is 8.07. The Hall–Kier alpha value is -2.66. The highest BCUT2D eigenvalue weighted by Crippen LogP contribution is 2.35. The Morgan fingerprint density at radius 2 is 2.04 bits per heavy atom. The van der Waals surface area contributed by atoms with Gasteiger partial charge in [-0.3, -0.25) is 4.79 Å². The fraction of sp³-hybridized carbons (Fsp3) is 0.211. The van der Waals surface area contributed by atoms with Crippen molar-refractivity contribution in [2.24, 2.45) is 0 Å². The number of carbonyl (C=O) groups is 1. The first kappa shape index (κ1) is 15.8. The van der Waals surface area contributed by atoms with Gasteiger partial charge < -0.3 is 9.42 Å². The van der Waals surface area contributed by atoms with Gasteiger partial charge in [-0.05, 0) is 25.1 Å². The third kappa shape index (κ3) is 3.03. The molecule has 126 valence electrons. The summed E-state index contributed by atoms with van der Waals surface area (Å²) in [5.41, 5.74) is 2.75. The Morgan fingerprint density at radius 1 is 1.20 bits per heavy atom. The number of aromatic nitrogens is 2. The van der Waals surface area contributed by atoms with Crippen molar-refractivity contribution in [1.29, 1.82) is 0 Å². The van der Waals surface area contributed by atoms with Gasteiger partial charge in [0.2, 0.25) is 17.6 Å². The first-order chi connectivity index (χ1) is 12.1. The molecule has 1 atom stereocenters. The number of rotatable bonds is 3. The molecule has 0 bridgehead atoms. The van der Waals surface area contributed by atoms with Crippen molar-refractivity contribution < 1.29 is 9.32 Å². The SMILES string of the molecule is Cc1cccc(-c2noc(C3CC(=O)N(c4ccccc4Cl)C3)n2)c1. The Kier molecular flexibility index (Phi) is 4.01. The lowest BCUT2D eigenvalue weighted by molar-refractivity contribution is -0.117. The van der Waals surface area contributed by atoms with Gasteiger partial charge in [-0.2, -0.15) is 4.98 Å². The van der Waals surface area contributed by atoms with E-state index in [1.54, 1.807) is 11.0 Å². The number of para-hydroxylation sites is 1. The predicted octanol–water partition coefficient (Wildman–Crippen LogP) is 4.22. The first-order valence-corrected chi connectivity index (χ1v) is 8.45. The quantitative estimate of drug-likeness (QED) is 0.707. The van der Waals surface area contributed by atoms with E-state index in [1.165, 1.54) is 0 Å². The topological polar surface area (TPSA) is 59.2 Å². The highest BCUT2D eigenvalue weighted by molar-refractivity contribution is 6.33. The summed E-state index contributed by atoms with van der Waals surface area (Å²) in [5, 5.41) is 4.63. The Balaban J connectivity index is 1.58. The molecule has 1 aromatic heterocycles. The molecule has 2 heterocycles. The maximum atomic E-state index is 12.4. The summed E-state index contributed by atoms with van der Waals surface area (Å²) in [5.74, 6) is 0.907. The van der Waals surface area contributed by atoms with Crippen molar-refractivity contribution in [3.05, 3.63) is 65.0 Å². The van der Waals surface area contributed by atoms with E-state index in [2.05, 4.69) is 10.1 Å². The molecule has 5 nitrogen and oxygen atoms in total. The van der Waals surface area contributed by atoms with Crippen LogP contribution in [-0.4, -0.2) is 22.6 Å². The van der Waals surface area contributed by atoms with E-state index in [0.29, 0.717) is 29.7 Å². The number of anilines is 1. The summed E-state index contributed by atoms with van der Waals surface area (Å²) >= 11 is 6.22. The molecule has 0 saturated carbocycles. The molecule has 1 aliphatic heterocycles. The van der Waals surface area contributed by atoms with Crippen LogP contribution in [0.25, 0.3) is 11.4 Å². The zero-order valence-corrected chi connectivity index (χ0v) is 14.4. The molecule has 1 amide bonds. The number of carbonyl (C=O) groups excluding carboxylic acids is 1. The number of halogens is 1. The zero-order chi connectivity index (χ0) is 17.4. The van der Waals surface area contributed by atoms with E-state index in [0.717, 1.165) is 16.8 Å². The van der Waals surface area contributed by atoms with E-state index in [9.17, 15) is 4.79 Å². The second-order valence-electron chi connectivity index (χ2n) is 6.18. The molecule has 0 radical (unpaired) electrons. The maximum Gasteiger partial charge on any atom is 0.232 e. The average molecular weight is 354 g/mol. The van der Waals surface area contributed by atoms with E-state index in [-0.39, 0.29) is 11.8 Å². The Bertz CT molecular complexity index is 938. The minimum absolute atomic E-state index is 0.00778. The van der Waals surface area contributed by atoms with E-state index >= 15 is 0 Å². The van der Waals surface area contributed by atoms with Gasteiger partial charge in [-0.1, -0.05) is 52.7 Å². The molecule has 1 saturated heterocycles. The summed E-state index contributed by atoms with van der Waals surface area (Å²) in [6.45, 7) is 2.50. The van der Waals surface area contributed by atoms with Crippen LogP contribution in [0, 0.1) is 6.92 Å². The third-order valence-electron chi connectivity index (χ3n) is 4.34. The lowest BCUT2D eigenvalue weighted by Gasteiger charge is -2.17. The van der Waals surface area contributed by atoms with Crippen LogP contribution in [0.2, 0.25) is 5.02 Å². The molecule has 2 aromatic carbocycles. The highest BCUT2D eigenvalue weighted by atomic mass is 35.5. The maximum absolute atomic E-state index is 12.4. The van der Waals surface area contributed by atoms with Crippen LogP contribution in [0.3, 0.4) is 0 Å². The predicted molar refractivity (Wildman–Crippen MR) is 95.6 cm³/mol. The molecule has 3 aromatic rings. The lowest BCUT2D eigenvalue weighted by Crippen LogP contribution is -2.24. The van der Waals surface area contributed by atoms with Crippen LogP contribution < -0.4 is 4.90 Å². The van der Waals surface area contributed by atoms with Crippen LogP contribution in [-0.2, 0) is 4.79 Å².